The third-order valence-corrected chi connectivity index (χ3v) is 3.09. The van der Waals surface area contributed by atoms with Crippen LogP contribution in [-0.4, -0.2) is 10.8 Å². The highest BCUT2D eigenvalue weighted by Gasteiger charge is 2.18. The van der Waals surface area contributed by atoms with E-state index >= 15 is 0 Å². The van der Waals surface area contributed by atoms with Gasteiger partial charge in [0, 0.05) is 17.1 Å². The van der Waals surface area contributed by atoms with Crippen LogP contribution in [0.3, 0.4) is 0 Å². The van der Waals surface area contributed by atoms with Crippen LogP contribution in [0.25, 0.3) is 10.9 Å². The second-order valence-electron chi connectivity index (χ2n) is 4.31. The van der Waals surface area contributed by atoms with Gasteiger partial charge in [0.25, 0.3) is 0 Å². The van der Waals surface area contributed by atoms with Gasteiger partial charge in [-0.25, -0.2) is 8.78 Å². The van der Waals surface area contributed by atoms with E-state index in [1.165, 1.54) is 12.1 Å². The Balaban J connectivity index is 2.21. The topological polar surface area (TPSA) is 30.0 Å². The molecule has 3 rings (SSSR count). The first-order valence-corrected chi connectivity index (χ1v) is 6.01. The van der Waals surface area contributed by atoms with Gasteiger partial charge >= 0.3 is 0 Å². The van der Waals surface area contributed by atoms with Gasteiger partial charge in [-0.15, -0.1) is 0 Å². The first-order chi connectivity index (χ1) is 9.68. The molecule has 0 bridgehead atoms. The van der Waals surface area contributed by atoms with Crippen molar-refractivity contribution in [2.45, 2.75) is 0 Å². The van der Waals surface area contributed by atoms with E-state index < -0.39 is 17.4 Å². The van der Waals surface area contributed by atoms with Gasteiger partial charge in [-0.05, 0) is 24.3 Å². The van der Waals surface area contributed by atoms with Gasteiger partial charge in [-0.2, -0.15) is 0 Å². The predicted octanol–water partition coefficient (Wildman–Crippen LogP) is 3.74. The Labute approximate surface area is 113 Å². The van der Waals surface area contributed by atoms with Crippen LogP contribution in [0.4, 0.5) is 8.78 Å². The van der Waals surface area contributed by atoms with Crippen LogP contribution in [0.2, 0.25) is 0 Å². The summed E-state index contributed by atoms with van der Waals surface area (Å²) in [5.41, 5.74) is 0.664. The maximum absolute atomic E-state index is 13.7. The molecule has 0 aliphatic rings. The Kier molecular flexibility index (Phi) is 2.99. The summed E-state index contributed by atoms with van der Waals surface area (Å²) in [6, 6.07) is 12.0. The molecule has 0 N–H and O–H groups in total. The third kappa shape index (κ3) is 1.95. The summed E-state index contributed by atoms with van der Waals surface area (Å²) in [5, 5.41) is 0.615. The van der Waals surface area contributed by atoms with E-state index in [0.29, 0.717) is 16.5 Å². The number of hydrogen-bond acceptors (Lipinski definition) is 2. The number of nitrogens with zero attached hydrogens (tertiary/aromatic N) is 1. The lowest BCUT2D eigenvalue weighted by Crippen LogP contribution is -2.06. The van der Waals surface area contributed by atoms with Gasteiger partial charge in [-0.1, -0.05) is 24.3 Å². The van der Waals surface area contributed by atoms with Gasteiger partial charge in [-0.3, -0.25) is 9.78 Å². The van der Waals surface area contributed by atoms with Crippen molar-refractivity contribution in [1.29, 1.82) is 0 Å². The Morgan fingerprint density at radius 1 is 0.900 bits per heavy atom. The smallest absolute Gasteiger partial charge is 0.196 e. The molecule has 0 unspecified atom stereocenters. The quantitative estimate of drug-likeness (QED) is 0.663. The molecule has 0 atom stereocenters. The summed E-state index contributed by atoms with van der Waals surface area (Å²) >= 11 is 0. The number of fused-ring (bicyclic) bond motifs is 1. The van der Waals surface area contributed by atoms with Crippen molar-refractivity contribution in [3.63, 3.8) is 0 Å². The zero-order chi connectivity index (χ0) is 14.1. The van der Waals surface area contributed by atoms with E-state index in [4.69, 9.17) is 0 Å². The third-order valence-electron chi connectivity index (χ3n) is 3.09. The van der Waals surface area contributed by atoms with Gasteiger partial charge in [0.05, 0.1) is 11.1 Å². The molecule has 1 aromatic heterocycles. The Bertz CT molecular complexity index is 809. The number of aromatic nitrogens is 1. The summed E-state index contributed by atoms with van der Waals surface area (Å²) in [5.74, 6) is -2.71. The minimum Gasteiger partial charge on any atom is -0.288 e. The van der Waals surface area contributed by atoms with Crippen LogP contribution in [0.15, 0.2) is 54.7 Å². The molecule has 1 heterocycles. The highest BCUT2D eigenvalue weighted by Crippen LogP contribution is 2.22. The fourth-order valence-corrected chi connectivity index (χ4v) is 2.13. The Morgan fingerprint density at radius 3 is 2.50 bits per heavy atom. The molecule has 2 aromatic carbocycles. The molecule has 0 aliphatic carbocycles. The molecular formula is C16H9F2NO. The molecule has 4 heteroatoms. The molecule has 0 saturated carbocycles. The molecule has 20 heavy (non-hydrogen) atoms. The van der Waals surface area contributed by atoms with E-state index in [9.17, 15) is 13.6 Å². The first-order valence-electron chi connectivity index (χ1n) is 6.01. The van der Waals surface area contributed by atoms with Crippen LogP contribution >= 0.6 is 0 Å². The summed E-state index contributed by atoms with van der Waals surface area (Å²) in [7, 11) is 0. The average molecular weight is 269 g/mol. The van der Waals surface area contributed by atoms with E-state index in [1.54, 1.807) is 36.5 Å². The van der Waals surface area contributed by atoms with Gasteiger partial charge in [0.1, 0.15) is 0 Å². The van der Waals surface area contributed by atoms with Gasteiger partial charge in [0.15, 0.2) is 17.4 Å². The second kappa shape index (κ2) is 4.81. The number of benzene rings is 2. The number of carbonyl (C=O) groups excluding carboxylic acids is 1. The Hall–Kier alpha value is -2.62. The van der Waals surface area contributed by atoms with Gasteiger partial charge in [0.2, 0.25) is 0 Å². The highest BCUT2D eigenvalue weighted by atomic mass is 19.2. The Morgan fingerprint density at radius 2 is 1.65 bits per heavy atom. The number of halogens is 2. The number of ketones is 1. The molecule has 0 aliphatic heterocycles. The molecule has 0 saturated heterocycles. The average Bonchev–Trinajstić information content (AvgIpc) is 2.49. The lowest BCUT2D eigenvalue weighted by Gasteiger charge is -2.06. The maximum atomic E-state index is 13.7. The van der Waals surface area contributed by atoms with Crippen LogP contribution in [0.5, 0.6) is 0 Å². The summed E-state index contributed by atoms with van der Waals surface area (Å²) in [6.45, 7) is 0. The fraction of sp³-hybridized carbons (Fsp3) is 0. The molecule has 0 spiro atoms. The van der Waals surface area contributed by atoms with E-state index in [2.05, 4.69) is 4.98 Å². The molecule has 0 fully saturated rings. The molecule has 2 nitrogen and oxygen atoms in total. The summed E-state index contributed by atoms with van der Waals surface area (Å²) in [4.78, 5) is 16.5. The van der Waals surface area contributed by atoms with Crippen molar-refractivity contribution in [2.24, 2.45) is 0 Å². The maximum Gasteiger partial charge on any atom is 0.196 e. The van der Waals surface area contributed by atoms with Crippen LogP contribution in [0.1, 0.15) is 15.9 Å². The van der Waals surface area contributed by atoms with E-state index in [-0.39, 0.29) is 5.56 Å². The largest absolute Gasteiger partial charge is 0.288 e. The zero-order valence-electron chi connectivity index (χ0n) is 10.3. The van der Waals surface area contributed by atoms with Gasteiger partial charge < -0.3 is 0 Å². The summed E-state index contributed by atoms with van der Waals surface area (Å²) in [6.07, 6.45) is 1.61. The van der Waals surface area contributed by atoms with Crippen molar-refractivity contribution in [3.05, 3.63) is 77.5 Å². The van der Waals surface area contributed by atoms with E-state index in [0.717, 1.165) is 6.07 Å². The van der Waals surface area contributed by atoms with Crippen molar-refractivity contribution >= 4 is 16.7 Å². The minimum atomic E-state index is -1.13. The lowest BCUT2D eigenvalue weighted by atomic mass is 9.99. The van der Waals surface area contributed by atoms with Crippen molar-refractivity contribution in [1.82, 2.24) is 4.98 Å². The van der Waals surface area contributed by atoms with Crippen molar-refractivity contribution < 1.29 is 13.6 Å². The van der Waals surface area contributed by atoms with Crippen LogP contribution in [0, 0.1) is 11.6 Å². The zero-order valence-corrected chi connectivity index (χ0v) is 10.3. The monoisotopic (exact) mass is 269 g/mol. The molecule has 3 aromatic rings. The minimum absolute atomic E-state index is 0.277. The molecule has 98 valence electrons. The first kappa shape index (κ1) is 12.4. The standard InChI is InChI=1S/C16H9F2NO/c17-13-7-1-5-12(15(13)18)16(20)11-4-2-8-14-10(11)6-3-9-19-14/h1-9H. The lowest BCUT2D eigenvalue weighted by molar-refractivity contribution is 0.103. The SMILES string of the molecule is O=C(c1cccc(F)c1F)c1cccc2ncccc12. The molecule has 0 amide bonds. The van der Waals surface area contributed by atoms with Crippen molar-refractivity contribution in [3.8, 4) is 0 Å². The van der Waals surface area contributed by atoms with Crippen LogP contribution < -0.4 is 0 Å². The van der Waals surface area contributed by atoms with Crippen LogP contribution in [-0.2, 0) is 0 Å². The number of hydrogen-bond donors (Lipinski definition) is 0. The summed E-state index contributed by atoms with van der Waals surface area (Å²) < 4.78 is 27.0. The molecule has 0 radical (unpaired) electrons. The predicted molar refractivity (Wildman–Crippen MR) is 71.5 cm³/mol. The van der Waals surface area contributed by atoms with E-state index in [1.807, 2.05) is 0 Å². The number of rotatable bonds is 2. The normalized spacial score (nSPS) is 10.7. The number of pyridine rings is 1. The second-order valence-corrected chi connectivity index (χ2v) is 4.31. The van der Waals surface area contributed by atoms with Crippen molar-refractivity contribution in [2.75, 3.05) is 0 Å². The number of carbonyl (C=O) groups is 1. The highest BCUT2D eigenvalue weighted by molar-refractivity contribution is 6.16. The molecular weight excluding hydrogens is 260 g/mol. The fourth-order valence-electron chi connectivity index (χ4n) is 2.13.